The highest BCUT2D eigenvalue weighted by molar-refractivity contribution is 7.88. The van der Waals surface area contributed by atoms with Crippen LogP contribution < -0.4 is 19.8 Å². The van der Waals surface area contributed by atoms with Gasteiger partial charge in [0.25, 0.3) is 20.2 Å². The third kappa shape index (κ3) is 11.4. The number of aromatic nitrogens is 3. The summed E-state index contributed by atoms with van der Waals surface area (Å²) in [6.45, 7) is -0.149. The molecule has 15 nitrogen and oxygen atoms in total. The molecule has 0 aromatic carbocycles. The summed E-state index contributed by atoms with van der Waals surface area (Å²) in [6.07, 6.45) is 1.00. The Kier molecular flexibility index (Phi) is 9.11. The summed E-state index contributed by atoms with van der Waals surface area (Å²) < 4.78 is 86.1. The number of hydrogen-bond donors (Lipinski definition) is 4. The molecule has 0 fully saturated rings. The van der Waals surface area contributed by atoms with E-state index in [0.29, 0.717) is 0 Å². The molecule has 0 unspecified atom stereocenters. The van der Waals surface area contributed by atoms with Gasteiger partial charge in [-0.15, -0.1) is 0 Å². The van der Waals surface area contributed by atoms with E-state index in [-0.39, 0.29) is 44.0 Å². The van der Waals surface area contributed by atoms with Gasteiger partial charge in [-0.05, 0) is 0 Å². The van der Waals surface area contributed by atoms with Crippen LogP contribution in [0.15, 0.2) is 0 Å². The van der Waals surface area contributed by atoms with Gasteiger partial charge in [0.15, 0.2) is 0 Å². The van der Waals surface area contributed by atoms with Crippen LogP contribution in [0.4, 0.5) is 17.8 Å². The summed E-state index contributed by atoms with van der Waals surface area (Å²) in [5, 5.41) is 2.77. The molecular weight excluding hydrogens is 466 g/mol. The third-order valence-electron chi connectivity index (χ3n) is 3.44. The Labute approximate surface area is 175 Å². The van der Waals surface area contributed by atoms with Crippen molar-refractivity contribution in [1.29, 1.82) is 0 Å². The third-order valence-corrected chi connectivity index (χ3v) is 5.56. The minimum absolute atomic E-state index is 0.0147. The van der Waals surface area contributed by atoms with Gasteiger partial charge in [0, 0.05) is 40.3 Å². The summed E-state index contributed by atoms with van der Waals surface area (Å²) in [6, 6.07) is 0. The van der Waals surface area contributed by atoms with E-state index in [2.05, 4.69) is 25.0 Å². The highest BCUT2D eigenvalue weighted by atomic mass is 32.2. The van der Waals surface area contributed by atoms with Crippen molar-refractivity contribution in [3.05, 3.63) is 0 Å². The van der Waals surface area contributed by atoms with E-state index in [9.17, 15) is 25.3 Å². The van der Waals surface area contributed by atoms with Crippen molar-refractivity contribution in [3.8, 4) is 0 Å². The van der Waals surface area contributed by atoms with Gasteiger partial charge in [-0.25, -0.2) is 13.1 Å². The summed E-state index contributed by atoms with van der Waals surface area (Å²) >= 11 is 0. The molecule has 0 saturated heterocycles. The van der Waals surface area contributed by atoms with Crippen LogP contribution in [0.25, 0.3) is 0 Å². The number of nitrogens with zero attached hydrogens (tertiary/aromatic N) is 5. The van der Waals surface area contributed by atoms with Crippen LogP contribution in [0.1, 0.15) is 0 Å². The quantitative estimate of drug-likeness (QED) is 0.166. The lowest BCUT2D eigenvalue weighted by molar-refractivity contribution is 0.480. The molecule has 30 heavy (non-hydrogen) atoms. The second-order valence-corrected chi connectivity index (χ2v) is 11.2. The topological polar surface area (TPSA) is 212 Å². The van der Waals surface area contributed by atoms with E-state index in [1.54, 1.807) is 0 Å². The lowest BCUT2D eigenvalue weighted by Gasteiger charge is -2.21. The fourth-order valence-corrected chi connectivity index (χ4v) is 3.37. The van der Waals surface area contributed by atoms with Gasteiger partial charge in [0.2, 0.25) is 27.9 Å². The maximum Gasteiger partial charge on any atom is 0.266 e. The fourth-order valence-electron chi connectivity index (χ4n) is 1.89. The van der Waals surface area contributed by atoms with Crippen molar-refractivity contribution < 1.29 is 34.4 Å². The molecule has 1 rings (SSSR count). The van der Waals surface area contributed by atoms with E-state index in [1.165, 1.54) is 23.9 Å². The van der Waals surface area contributed by atoms with Gasteiger partial charge >= 0.3 is 0 Å². The average molecular weight is 492 g/mol. The number of hydrogen-bond acceptors (Lipinski definition) is 12. The summed E-state index contributed by atoms with van der Waals surface area (Å²) in [4.78, 5) is 15.0. The molecule has 1 aromatic heterocycles. The lowest BCUT2D eigenvalue weighted by Crippen LogP contribution is -2.31. The summed E-state index contributed by atoms with van der Waals surface area (Å²) in [5.74, 6) is -1.11. The first-order valence-electron chi connectivity index (χ1n) is 8.33. The first-order chi connectivity index (χ1) is 13.6. The standard InChI is InChI=1S/C12H25N7O8S3/c1-18(6-8-29(22,23)24)11-15-10(13-4-5-14-28(3,20)21)16-12(17-11)19(2)7-9-30(25,26)27/h14H,4-9H2,1-3H3,(H,22,23,24)(H,25,26,27)(H,13,15,16,17). The minimum atomic E-state index is -4.22. The van der Waals surface area contributed by atoms with Crippen LogP contribution in [-0.2, 0) is 30.3 Å². The van der Waals surface area contributed by atoms with Gasteiger partial charge in [0.1, 0.15) is 0 Å². The predicted molar refractivity (Wildman–Crippen MR) is 111 cm³/mol. The van der Waals surface area contributed by atoms with Gasteiger partial charge in [0.05, 0.1) is 17.8 Å². The molecule has 174 valence electrons. The van der Waals surface area contributed by atoms with E-state index in [1.807, 2.05) is 0 Å². The number of sulfonamides is 1. The molecule has 1 heterocycles. The molecular formula is C12H25N7O8S3. The van der Waals surface area contributed by atoms with Crippen LogP contribution in [0.3, 0.4) is 0 Å². The Morgan fingerprint density at radius 3 is 1.60 bits per heavy atom. The first kappa shape index (κ1) is 26.2. The molecule has 0 bridgehead atoms. The first-order valence-corrected chi connectivity index (χ1v) is 13.4. The molecule has 0 spiro atoms. The van der Waals surface area contributed by atoms with E-state index < -0.39 is 41.8 Å². The average Bonchev–Trinajstić information content (AvgIpc) is 2.59. The molecule has 4 N–H and O–H groups in total. The number of rotatable bonds is 13. The molecule has 18 heteroatoms. The van der Waals surface area contributed by atoms with E-state index in [0.717, 1.165) is 6.26 Å². The zero-order valence-corrected chi connectivity index (χ0v) is 19.0. The maximum absolute atomic E-state index is 11.1. The molecule has 0 radical (unpaired) electrons. The summed E-state index contributed by atoms with van der Waals surface area (Å²) in [7, 11) is -8.88. The van der Waals surface area contributed by atoms with Crippen LogP contribution >= 0.6 is 0 Å². The Balaban J connectivity index is 3.04. The Hall–Kier alpha value is -1.86. The van der Waals surface area contributed by atoms with Gasteiger partial charge < -0.3 is 15.1 Å². The molecule has 0 atom stereocenters. The van der Waals surface area contributed by atoms with Crippen molar-refractivity contribution in [2.45, 2.75) is 0 Å². The zero-order chi connectivity index (χ0) is 23.2. The van der Waals surface area contributed by atoms with Crippen molar-refractivity contribution in [3.63, 3.8) is 0 Å². The monoisotopic (exact) mass is 491 g/mol. The Morgan fingerprint density at radius 1 is 0.800 bits per heavy atom. The highest BCUT2D eigenvalue weighted by Crippen LogP contribution is 2.15. The maximum atomic E-state index is 11.1. The van der Waals surface area contributed by atoms with Gasteiger partial charge in [-0.3, -0.25) is 9.11 Å². The highest BCUT2D eigenvalue weighted by Gasteiger charge is 2.17. The minimum Gasteiger partial charge on any atom is -0.353 e. The zero-order valence-electron chi connectivity index (χ0n) is 16.5. The van der Waals surface area contributed by atoms with Crippen LogP contribution in [-0.4, -0.2) is 107 Å². The molecule has 0 amide bonds. The molecule has 0 aliphatic heterocycles. The largest absolute Gasteiger partial charge is 0.353 e. The predicted octanol–water partition coefficient (Wildman–Crippen LogP) is -2.52. The van der Waals surface area contributed by atoms with Crippen molar-refractivity contribution in [1.82, 2.24) is 19.7 Å². The van der Waals surface area contributed by atoms with Crippen molar-refractivity contribution >= 4 is 48.1 Å². The summed E-state index contributed by atoms with van der Waals surface area (Å²) in [5.41, 5.74) is 0. The second-order valence-electron chi connectivity index (χ2n) is 6.27. The van der Waals surface area contributed by atoms with Crippen molar-refractivity contribution in [2.24, 2.45) is 0 Å². The molecule has 0 aliphatic rings. The van der Waals surface area contributed by atoms with Crippen LogP contribution in [0, 0.1) is 0 Å². The fraction of sp³-hybridized carbons (Fsp3) is 0.750. The smallest absolute Gasteiger partial charge is 0.266 e. The lowest BCUT2D eigenvalue weighted by atomic mass is 10.6. The Morgan fingerprint density at radius 2 is 1.23 bits per heavy atom. The number of nitrogens with one attached hydrogen (secondary N) is 2. The second kappa shape index (κ2) is 10.4. The molecule has 0 aliphatic carbocycles. The normalized spacial score (nSPS) is 12.6. The Bertz CT molecular complexity index is 970. The molecule has 1 aromatic rings. The number of anilines is 3. The van der Waals surface area contributed by atoms with E-state index in [4.69, 9.17) is 9.11 Å². The van der Waals surface area contributed by atoms with Crippen molar-refractivity contribution in [2.75, 3.05) is 73.2 Å². The van der Waals surface area contributed by atoms with Crippen LogP contribution in [0.2, 0.25) is 0 Å². The van der Waals surface area contributed by atoms with Crippen LogP contribution in [0.5, 0.6) is 0 Å². The van der Waals surface area contributed by atoms with Gasteiger partial charge in [-0.2, -0.15) is 31.8 Å². The van der Waals surface area contributed by atoms with E-state index >= 15 is 0 Å². The van der Waals surface area contributed by atoms with Gasteiger partial charge in [-0.1, -0.05) is 0 Å². The SMILES string of the molecule is CN(CCS(=O)(=O)O)c1nc(NCCNS(C)(=O)=O)nc(N(C)CCS(=O)(=O)O)n1. The molecule has 0 saturated carbocycles.